The molecule has 0 radical (unpaired) electrons. The fourth-order valence-electron chi connectivity index (χ4n) is 7.98. The van der Waals surface area contributed by atoms with Crippen molar-refractivity contribution in [2.45, 2.75) is 269 Å². The molecule has 1 aliphatic heterocycles. The van der Waals surface area contributed by atoms with Crippen LogP contribution in [0.5, 0.6) is 0 Å². The molecule has 0 aromatic rings. The molecule has 356 valence electrons. The van der Waals surface area contributed by atoms with Crippen LogP contribution in [0.15, 0.2) is 12.2 Å². The molecule has 1 rings (SSSR count). The monoisotopic (exact) mass is 878 g/mol. The van der Waals surface area contributed by atoms with Crippen LogP contribution in [0.1, 0.15) is 226 Å². The molecule has 12 nitrogen and oxygen atoms in total. The first-order chi connectivity index (χ1) is 29.0. The van der Waals surface area contributed by atoms with Crippen molar-refractivity contribution in [3.63, 3.8) is 0 Å². The molecule has 0 aromatic heterocycles. The lowest BCUT2D eigenvalue weighted by Crippen LogP contribution is -2.61. The average molecular weight is 878 g/mol. The number of amides is 1. The van der Waals surface area contributed by atoms with E-state index in [0.717, 1.165) is 38.5 Å². The standard InChI is InChI=1S/C47H91NO11S/c1-3-5-7-9-11-13-15-17-19-20-21-22-23-25-27-29-31-33-35-37-43(51)48-40(39-57-47-45(53)46(59-60(54,55)56)44(52)42(38-49)58-47)41(50)36-34-32-30-28-26-24-18-16-14-12-10-8-6-4-2/h34,36,40-42,44-47,49-50,52-53H,3-33,35,37-39H2,1-2H3,(H,48,51)(H,54,55,56)/b36-34+. The lowest BCUT2D eigenvalue weighted by Gasteiger charge is -2.41. The number of ether oxygens (including phenoxy) is 2. The van der Waals surface area contributed by atoms with Gasteiger partial charge in [0.2, 0.25) is 5.91 Å². The Kier molecular flexibility index (Phi) is 36.3. The molecular weight excluding hydrogens is 787 g/mol. The van der Waals surface area contributed by atoms with Gasteiger partial charge in [-0.25, -0.2) is 4.18 Å². The zero-order chi connectivity index (χ0) is 44.1. The average Bonchev–Trinajstić information content (AvgIpc) is 3.22. The van der Waals surface area contributed by atoms with Crippen molar-refractivity contribution in [2.24, 2.45) is 0 Å². The number of unbranched alkanes of at least 4 members (excludes halogenated alkanes) is 30. The molecule has 7 unspecified atom stereocenters. The number of rotatable bonds is 42. The fourth-order valence-corrected chi connectivity index (χ4v) is 8.49. The lowest BCUT2D eigenvalue weighted by atomic mass is 9.99. The van der Waals surface area contributed by atoms with Gasteiger partial charge in [-0.2, -0.15) is 8.42 Å². The summed E-state index contributed by atoms with van der Waals surface area (Å²) in [6.07, 6.45) is 33.9. The molecule has 1 aliphatic rings. The van der Waals surface area contributed by atoms with E-state index in [2.05, 4.69) is 23.3 Å². The van der Waals surface area contributed by atoms with Gasteiger partial charge in [-0.1, -0.05) is 212 Å². The normalized spacial score (nSPS) is 20.8. The predicted octanol–water partition coefficient (Wildman–Crippen LogP) is 9.95. The highest BCUT2D eigenvalue weighted by Gasteiger charge is 2.48. The maximum Gasteiger partial charge on any atom is 0.397 e. The van der Waals surface area contributed by atoms with Crippen molar-refractivity contribution < 1.29 is 51.8 Å². The minimum absolute atomic E-state index is 0.259. The molecule has 1 saturated heterocycles. The molecule has 1 amide bonds. The zero-order valence-corrected chi connectivity index (χ0v) is 38.9. The minimum atomic E-state index is -5.08. The Labute approximate surface area is 366 Å². The fraction of sp³-hybridized carbons (Fsp3) is 0.936. The Hall–Kier alpha value is -1.16. The maximum absolute atomic E-state index is 13.0. The number of allylic oxidation sites excluding steroid dienone is 1. The van der Waals surface area contributed by atoms with Crippen LogP contribution in [-0.2, 0) is 28.9 Å². The van der Waals surface area contributed by atoms with Crippen LogP contribution in [0.25, 0.3) is 0 Å². The Morgan fingerprint density at radius 2 is 1.05 bits per heavy atom. The van der Waals surface area contributed by atoms with E-state index in [1.165, 1.54) is 161 Å². The van der Waals surface area contributed by atoms with E-state index in [9.17, 15) is 38.2 Å². The second kappa shape index (κ2) is 38.3. The first-order valence-corrected chi connectivity index (χ1v) is 25.9. The van der Waals surface area contributed by atoms with E-state index in [-0.39, 0.29) is 18.9 Å². The van der Waals surface area contributed by atoms with Crippen LogP contribution in [0.2, 0.25) is 0 Å². The van der Waals surface area contributed by atoms with E-state index < -0.39 is 59.9 Å². The van der Waals surface area contributed by atoms with E-state index in [1.54, 1.807) is 6.08 Å². The van der Waals surface area contributed by atoms with Crippen LogP contribution < -0.4 is 5.32 Å². The number of aliphatic hydroxyl groups is 4. The molecule has 1 fully saturated rings. The second-order valence-corrected chi connectivity index (χ2v) is 18.5. The smallest absolute Gasteiger partial charge is 0.394 e. The molecule has 13 heteroatoms. The molecule has 0 aromatic carbocycles. The number of carbonyl (C=O) groups excluding carboxylic acids is 1. The quantitative estimate of drug-likeness (QED) is 0.0194. The number of aliphatic hydroxyl groups excluding tert-OH is 4. The van der Waals surface area contributed by atoms with Gasteiger partial charge in [-0.05, 0) is 19.3 Å². The summed E-state index contributed by atoms with van der Waals surface area (Å²) >= 11 is 0. The van der Waals surface area contributed by atoms with Crippen LogP contribution in [0.4, 0.5) is 0 Å². The van der Waals surface area contributed by atoms with E-state index in [1.807, 2.05) is 6.08 Å². The van der Waals surface area contributed by atoms with E-state index >= 15 is 0 Å². The zero-order valence-electron chi connectivity index (χ0n) is 38.0. The predicted molar refractivity (Wildman–Crippen MR) is 241 cm³/mol. The molecule has 6 N–H and O–H groups in total. The van der Waals surface area contributed by atoms with Gasteiger partial charge in [0.25, 0.3) is 0 Å². The van der Waals surface area contributed by atoms with Crippen molar-refractivity contribution in [1.29, 1.82) is 0 Å². The second-order valence-electron chi connectivity index (χ2n) is 17.4. The first-order valence-electron chi connectivity index (χ1n) is 24.6. The Bertz CT molecular complexity index is 1130. The Morgan fingerprint density at radius 1 is 0.650 bits per heavy atom. The maximum atomic E-state index is 13.0. The third-order valence-electron chi connectivity index (χ3n) is 11.8. The van der Waals surface area contributed by atoms with Crippen molar-refractivity contribution in [3.8, 4) is 0 Å². The number of carbonyl (C=O) groups is 1. The summed E-state index contributed by atoms with van der Waals surface area (Å²) in [6, 6.07) is -0.938. The highest BCUT2D eigenvalue weighted by molar-refractivity contribution is 7.80. The Morgan fingerprint density at radius 3 is 1.45 bits per heavy atom. The summed E-state index contributed by atoms with van der Waals surface area (Å²) in [5.41, 5.74) is 0. The van der Waals surface area contributed by atoms with Crippen molar-refractivity contribution >= 4 is 16.3 Å². The summed E-state index contributed by atoms with van der Waals surface area (Å²) in [5, 5.41) is 44.7. The first kappa shape index (κ1) is 56.9. The third kappa shape index (κ3) is 30.8. The topological polar surface area (TPSA) is 192 Å². The van der Waals surface area contributed by atoms with Crippen molar-refractivity contribution in [1.82, 2.24) is 5.32 Å². The van der Waals surface area contributed by atoms with Crippen molar-refractivity contribution in [2.75, 3.05) is 13.2 Å². The molecule has 1 heterocycles. The van der Waals surface area contributed by atoms with Crippen LogP contribution in [0, 0.1) is 0 Å². The van der Waals surface area contributed by atoms with Gasteiger partial charge in [0.15, 0.2) is 6.29 Å². The van der Waals surface area contributed by atoms with Gasteiger partial charge >= 0.3 is 10.4 Å². The van der Waals surface area contributed by atoms with Gasteiger partial charge < -0.3 is 35.2 Å². The van der Waals surface area contributed by atoms with Crippen LogP contribution in [0.3, 0.4) is 0 Å². The summed E-state index contributed by atoms with van der Waals surface area (Å²) in [4.78, 5) is 13.0. The van der Waals surface area contributed by atoms with Gasteiger partial charge in [-0.3, -0.25) is 9.35 Å². The van der Waals surface area contributed by atoms with Crippen molar-refractivity contribution in [3.05, 3.63) is 12.2 Å². The van der Waals surface area contributed by atoms with E-state index in [4.69, 9.17) is 9.47 Å². The molecular formula is C47H91NO11S. The number of nitrogens with one attached hydrogen (secondary N) is 1. The van der Waals surface area contributed by atoms with Gasteiger partial charge in [0.1, 0.15) is 24.4 Å². The van der Waals surface area contributed by atoms with Crippen LogP contribution in [-0.4, -0.2) is 95.4 Å². The third-order valence-corrected chi connectivity index (χ3v) is 12.3. The molecule has 0 bridgehead atoms. The number of hydrogen-bond donors (Lipinski definition) is 6. The molecule has 0 aliphatic carbocycles. The summed E-state index contributed by atoms with van der Waals surface area (Å²) in [5.74, 6) is -0.259. The largest absolute Gasteiger partial charge is 0.397 e. The van der Waals surface area contributed by atoms with Crippen LogP contribution >= 0.6 is 0 Å². The Balaban J connectivity index is 2.46. The number of hydrogen-bond acceptors (Lipinski definition) is 10. The summed E-state index contributed by atoms with van der Waals surface area (Å²) in [6.45, 7) is 3.40. The lowest BCUT2D eigenvalue weighted by molar-refractivity contribution is -0.298. The minimum Gasteiger partial charge on any atom is -0.394 e. The SMILES string of the molecule is CCCCCCCCCCCCCC/C=C/C(O)C(COC1OC(CO)C(O)C(OS(=O)(=O)O)C1O)NC(=O)CCCCCCCCCCCCCCCCCCCCC. The summed E-state index contributed by atoms with van der Waals surface area (Å²) < 4.78 is 47.6. The highest BCUT2D eigenvalue weighted by atomic mass is 32.3. The van der Waals surface area contributed by atoms with Gasteiger partial charge in [0, 0.05) is 6.42 Å². The molecule has 7 atom stereocenters. The molecule has 60 heavy (non-hydrogen) atoms. The van der Waals surface area contributed by atoms with E-state index in [0.29, 0.717) is 6.42 Å². The molecule has 0 saturated carbocycles. The van der Waals surface area contributed by atoms with Gasteiger partial charge in [-0.15, -0.1) is 0 Å². The summed E-state index contributed by atoms with van der Waals surface area (Å²) in [7, 11) is -5.08. The molecule has 0 spiro atoms. The highest BCUT2D eigenvalue weighted by Crippen LogP contribution is 2.26. The van der Waals surface area contributed by atoms with Gasteiger partial charge in [0.05, 0.1) is 25.4 Å².